The van der Waals surface area contributed by atoms with E-state index in [1.165, 1.54) is 42.5 Å². The van der Waals surface area contributed by atoms with E-state index in [0.29, 0.717) is 79.9 Å². The number of aromatic nitrogens is 2. The zero-order valence-corrected chi connectivity index (χ0v) is 44.3. The number of H-pyrrole nitrogens is 1. The van der Waals surface area contributed by atoms with Crippen LogP contribution in [-0.2, 0) is 14.8 Å². The number of sulfonamides is 1. The maximum absolute atomic E-state index is 14.8. The number of aliphatic hydroxyl groups is 1. The van der Waals surface area contributed by atoms with Crippen molar-refractivity contribution in [2.75, 3.05) is 54.5 Å². The molecule has 74 heavy (non-hydrogen) atoms. The molecule has 1 spiro atoms. The highest BCUT2D eigenvalue weighted by molar-refractivity contribution is 7.90. The lowest BCUT2D eigenvalue weighted by atomic mass is 9.59. The van der Waals surface area contributed by atoms with Crippen molar-refractivity contribution in [1.29, 1.82) is 0 Å². The van der Waals surface area contributed by atoms with Gasteiger partial charge in [-0.15, -0.1) is 0 Å². The normalized spacial score (nSPS) is 26.0. The van der Waals surface area contributed by atoms with Crippen LogP contribution in [-0.4, -0.2) is 102 Å². The van der Waals surface area contributed by atoms with Gasteiger partial charge in [-0.3, -0.25) is 19.8 Å². The number of benzene rings is 3. The molecule has 11 rings (SSSR count). The van der Waals surface area contributed by atoms with E-state index >= 15 is 0 Å². The highest BCUT2D eigenvalue weighted by Crippen LogP contribution is 2.56. The number of carbonyl (C=O) groups excluding carboxylic acids is 1. The fourth-order valence-electron chi connectivity index (χ4n) is 13.3. The van der Waals surface area contributed by atoms with Crippen molar-refractivity contribution in [3.63, 3.8) is 0 Å². The molecule has 394 valence electrons. The molecule has 6 aliphatic rings. The molecule has 6 heterocycles. The van der Waals surface area contributed by atoms with Crippen molar-refractivity contribution >= 4 is 55.4 Å². The highest BCUT2D eigenvalue weighted by Gasteiger charge is 2.51. The Morgan fingerprint density at radius 1 is 0.932 bits per heavy atom. The third-order valence-corrected chi connectivity index (χ3v) is 19.1. The molecule has 5 aromatic rings. The van der Waals surface area contributed by atoms with Gasteiger partial charge in [0.2, 0.25) is 5.88 Å². The number of ether oxygens (including phenoxy) is 2. The number of hydrogen-bond donors (Lipinski definition) is 4. The second-order valence-corrected chi connectivity index (χ2v) is 25.5. The summed E-state index contributed by atoms with van der Waals surface area (Å²) in [5.74, 6) is 0.167. The number of nitrogens with zero attached hydrogens (tertiary/aromatic N) is 5. The zero-order valence-electron chi connectivity index (χ0n) is 43.4. The number of rotatable bonds is 12. The molecule has 0 radical (unpaired) electrons. The first-order valence-electron chi connectivity index (χ1n) is 26.9. The van der Waals surface area contributed by atoms with Crippen LogP contribution in [0.4, 0.5) is 28.4 Å². The van der Waals surface area contributed by atoms with Crippen molar-refractivity contribution in [2.45, 2.75) is 146 Å². The molecule has 3 saturated heterocycles. The molecule has 2 aliphatic carbocycles. The van der Waals surface area contributed by atoms with E-state index in [1.54, 1.807) is 6.07 Å². The highest BCUT2D eigenvalue weighted by atomic mass is 32.2. The minimum Gasteiger partial charge on any atom is -0.468 e. The zero-order chi connectivity index (χ0) is 51.7. The third-order valence-electron chi connectivity index (χ3n) is 17.7. The van der Waals surface area contributed by atoms with Crippen LogP contribution in [0.1, 0.15) is 139 Å². The number of carbonyl (C=O) groups is 1. The summed E-state index contributed by atoms with van der Waals surface area (Å²) in [4.78, 5) is 41.5. The van der Waals surface area contributed by atoms with Gasteiger partial charge >= 0.3 is 0 Å². The smallest absolute Gasteiger partial charge is 0.293 e. The van der Waals surface area contributed by atoms with Gasteiger partial charge in [-0.2, -0.15) is 4.98 Å². The second kappa shape index (κ2) is 19.4. The Kier molecular flexibility index (Phi) is 13.2. The Balaban J connectivity index is 0.865. The van der Waals surface area contributed by atoms with Gasteiger partial charge in [-0.25, -0.2) is 13.1 Å². The number of piperidine rings is 2. The van der Waals surface area contributed by atoms with Gasteiger partial charge in [0.15, 0.2) is 0 Å². The lowest BCUT2D eigenvalue weighted by molar-refractivity contribution is -0.384. The topological polar surface area (TPSA) is 196 Å². The van der Waals surface area contributed by atoms with Crippen LogP contribution in [0.2, 0.25) is 0 Å². The molecule has 3 atom stereocenters. The largest absolute Gasteiger partial charge is 0.468 e. The number of nitro benzene ring substituents is 1. The van der Waals surface area contributed by atoms with Crippen molar-refractivity contribution in [2.24, 2.45) is 16.7 Å². The minimum absolute atomic E-state index is 0.123. The Morgan fingerprint density at radius 2 is 1.70 bits per heavy atom. The monoisotopic (exact) mass is 1030 g/mol. The lowest BCUT2D eigenvalue weighted by Gasteiger charge is -2.59. The van der Waals surface area contributed by atoms with Crippen LogP contribution in [0.3, 0.4) is 0 Å². The third kappa shape index (κ3) is 9.85. The number of pyridine rings is 1. The van der Waals surface area contributed by atoms with E-state index in [1.807, 2.05) is 37.4 Å². The van der Waals surface area contributed by atoms with Gasteiger partial charge in [0.05, 0.1) is 39.3 Å². The number of fused-ring (bicyclic) bond motifs is 3. The number of aromatic amines is 1. The molecule has 4 aliphatic heterocycles. The fourth-order valence-corrected chi connectivity index (χ4v) is 14.2. The minimum atomic E-state index is -4.62. The van der Waals surface area contributed by atoms with Crippen LogP contribution >= 0.6 is 0 Å². The molecular formula is C57H72N8O8S. The van der Waals surface area contributed by atoms with E-state index in [4.69, 9.17) is 14.5 Å². The lowest BCUT2D eigenvalue weighted by Crippen LogP contribution is -2.57. The molecule has 0 unspecified atom stereocenters. The van der Waals surface area contributed by atoms with E-state index < -0.39 is 43.1 Å². The van der Waals surface area contributed by atoms with Gasteiger partial charge in [0.1, 0.15) is 23.1 Å². The Labute approximate surface area is 434 Å². The van der Waals surface area contributed by atoms with E-state index in [9.17, 15) is 28.4 Å². The number of nitro groups is 1. The summed E-state index contributed by atoms with van der Waals surface area (Å²) in [6.45, 7) is 15.3. The van der Waals surface area contributed by atoms with Crippen LogP contribution in [0, 0.1) is 26.9 Å². The van der Waals surface area contributed by atoms with Crippen LogP contribution in [0.15, 0.2) is 83.9 Å². The standard InChI is InChI=1S/C57H72N8O8S/c1-36(2)42-8-6-7-9-43(42)50-33-55(3,4)20-26-63(50)40-31-57(32-40)21-24-62(25-22-57)39-10-12-44(47(29-39)64-46-17-27-72-35-51(46)73-54-49(64)28-38-16-23-58-52(38)60-54)53(66)61-74(70,71)41-11-13-45(48(30-41)65(68)69)59-34-37-14-18-56(5,67)19-15-37/h6-13,16,23,28-30,36-37,40,46,50-51,59,67H,14-15,17-22,24-27,31-35H2,1-5H3,(H,58,60)(H,61,66)/t37?,46-,50-,51-,56?/m0/s1. The number of likely N-dealkylation sites (tertiary alicyclic amines) is 1. The quantitative estimate of drug-likeness (QED) is 0.0681. The molecule has 17 heteroatoms. The second-order valence-electron chi connectivity index (χ2n) is 23.8. The van der Waals surface area contributed by atoms with Gasteiger partial charge < -0.3 is 34.7 Å². The maximum Gasteiger partial charge on any atom is 0.293 e. The maximum atomic E-state index is 14.8. The Bertz CT molecular complexity index is 3040. The molecule has 3 aromatic carbocycles. The summed E-state index contributed by atoms with van der Waals surface area (Å²) in [6.07, 6.45) is 11.6. The van der Waals surface area contributed by atoms with E-state index in [0.717, 1.165) is 68.9 Å². The van der Waals surface area contributed by atoms with Gasteiger partial charge in [-0.1, -0.05) is 52.0 Å². The summed E-state index contributed by atoms with van der Waals surface area (Å²) in [5.41, 5.74) is 5.42. The van der Waals surface area contributed by atoms with Crippen molar-refractivity contribution in [3.8, 4) is 5.88 Å². The van der Waals surface area contributed by atoms with E-state index in [2.05, 4.69) is 81.7 Å². The molecule has 2 aromatic heterocycles. The Morgan fingerprint density at radius 3 is 2.46 bits per heavy atom. The molecule has 2 saturated carbocycles. The summed E-state index contributed by atoms with van der Waals surface area (Å²) in [6, 6.07) is 23.0. The predicted molar refractivity (Wildman–Crippen MR) is 287 cm³/mol. The van der Waals surface area contributed by atoms with Gasteiger partial charge in [0.25, 0.3) is 21.6 Å². The molecule has 5 fully saturated rings. The number of nitrogens with one attached hydrogen (secondary N) is 3. The first-order valence-corrected chi connectivity index (χ1v) is 28.4. The van der Waals surface area contributed by atoms with Crippen molar-refractivity contribution in [3.05, 3.63) is 106 Å². The SMILES string of the molecule is CC(C)c1ccccc1[C@@H]1CC(C)(C)CCN1C1CC2(CCN(c3ccc(C(=O)NS(=O)(=O)c4ccc(NCC5CCC(C)(O)CC5)c([N+](=O)[O-])c4)c(N4c5cc6cc[nH]c6nc5O[C@H]5COCC[C@@H]54)c3)CC2)C1. The summed E-state index contributed by atoms with van der Waals surface area (Å²) >= 11 is 0. The van der Waals surface area contributed by atoms with Crippen molar-refractivity contribution < 1.29 is 32.7 Å². The summed E-state index contributed by atoms with van der Waals surface area (Å²) in [5, 5.41) is 26.8. The predicted octanol–water partition coefficient (Wildman–Crippen LogP) is 10.4. The summed E-state index contributed by atoms with van der Waals surface area (Å²) < 4.78 is 43.2. The first-order chi connectivity index (χ1) is 35.3. The summed E-state index contributed by atoms with van der Waals surface area (Å²) in [7, 11) is -4.62. The number of hydrogen-bond acceptors (Lipinski definition) is 13. The van der Waals surface area contributed by atoms with Crippen LogP contribution in [0.25, 0.3) is 11.0 Å². The van der Waals surface area contributed by atoms with Gasteiger partial charge in [0, 0.05) is 61.7 Å². The molecule has 1 amide bonds. The van der Waals surface area contributed by atoms with Gasteiger partial charge in [-0.05, 0) is 160 Å². The average Bonchev–Trinajstić information content (AvgIpc) is 3.83. The Hall–Kier alpha value is -5.75. The van der Waals surface area contributed by atoms with E-state index in [-0.39, 0.29) is 34.0 Å². The van der Waals surface area contributed by atoms with Crippen LogP contribution in [0.5, 0.6) is 5.88 Å². The molecular weight excluding hydrogens is 957 g/mol. The van der Waals surface area contributed by atoms with Crippen LogP contribution < -0.4 is 24.6 Å². The molecule has 0 bridgehead atoms. The van der Waals surface area contributed by atoms with Crippen molar-refractivity contribution in [1.82, 2.24) is 19.6 Å². The molecule has 16 nitrogen and oxygen atoms in total. The molecule has 4 N–H and O–H groups in total. The first kappa shape index (κ1) is 50.4. The fraction of sp³-hybridized carbons (Fsp3) is 0.544. The number of amides is 1. The number of anilines is 4. The average molecular weight is 1030 g/mol.